The monoisotopic (exact) mass is 433 g/mol. The topological polar surface area (TPSA) is 136 Å². The third kappa shape index (κ3) is 3.09. The van der Waals surface area contributed by atoms with Gasteiger partial charge in [0.15, 0.2) is 5.78 Å². The fourth-order valence-corrected chi connectivity index (χ4v) is 3.61. The van der Waals surface area contributed by atoms with Gasteiger partial charge in [0.1, 0.15) is 16.9 Å². The molecule has 0 radical (unpaired) electrons. The van der Waals surface area contributed by atoms with Crippen molar-refractivity contribution in [1.29, 1.82) is 0 Å². The van der Waals surface area contributed by atoms with Crippen LogP contribution in [0.1, 0.15) is 29.3 Å². The van der Waals surface area contributed by atoms with Crippen molar-refractivity contribution in [2.75, 3.05) is 12.3 Å². The Labute approximate surface area is 175 Å². The van der Waals surface area contributed by atoms with Crippen LogP contribution in [-0.2, 0) is 24.4 Å². The number of imide groups is 1. The van der Waals surface area contributed by atoms with E-state index in [1.807, 2.05) is 0 Å². The number of hydrogen-bond acceptors (Lipinski definition) is 6. The molecule has 30 heavy (non-hydrogen) atoms. The van der Waals surface area contributed by atoms with Gasteiger partial charge in [0.05, 0.1) is 6.54 Å². The third-order valence-electron chi connectivity index (χ3n) is 5.33. The second-order valence-corrected chi connectivity index (χ2v) is 7.41. The Balaban J connectivity index is 1.99. The van der Waals surface area contributed by atoms with Gasteiger partial charge in [-0.05, 0) is 24.1 Å². The number of carbonyl (C=O) groups excluding carboxylic acids is 3. The summed E-state index contributed by atoms with van der Waals surface area (Å²) < 4.78 is 1.68. The highest BCUT2D eigenvalue weighted by Gasteiger charge is 2.51. The van der Waals surface area contributed by atoms with Crippen LogP contribution < -0.4 is 22.3 Å². The summed E-state index contributed by atoms with van der Waals surface area (Å²) in [5.41, 5.74) is 2.90. The zero-order valence-corrected chi connectivity index (χ0v) is 17.3. The van der Waals surface area contributed by atoms with Crippen LogP contribution in [0.3, 0.4) is 0 Å². The number of halogens is 1. The van der Waals surface area contributed by atoms with Gasteiger partial charge >= 0.3 is 11.7 Å². The molecule has 3 N–H and O–H groups in total. The molecule has 11 heteroatoms. The standard InChI is InChI=1S/C19H20ClN5O5/c1-4-19(10-5-7-11(20)8-6-10)16(28)25(17(29)22-19)9-12(26)13-14(21)23(2)18(30)24(3)15(13)27/h5-8H,4,9,21H2,1-3H3,(H,22,29). The van der Waals surface area contributed by atoms with Gasteiger partial charge in [-0.1, -0.05) is 30.7 Å². The highest BCUT2D eigenvalue weighted by Crippen LogP contribution is 2.33. The first kappa shape index (κ1) is 21.3. The number of aromatic nitrogens is 2. The van der Waals surface area contributed by atoms with E-state index in [2.05, 4.69) is 5.32 Å². The molecule has 158 valence electrons. The Kier molecular flexibility index (Phi) is 5.29. The number of nitrogens with two attached hydrogens (primary N) is 1. The van der Waals surface area contributed by atoms with Gasteiger partial charge in [-0.3, -0.25) is 28.4 Å². The quantitative estimate of drug-likeness (QED) is 0.516. The van der Waals surface area contributed by atoms with Crippen molar-refractivity contribution in [1.82, 2.24) is 19.4 Å². The van der Waals surface area contributed by atoms with E-state index < -0.39 is 46.6 Å². The van der Waals surface area contributed by atoms with E-state index in [4.69, 9.17) is 17.3 Å². The normalized spacial score (nSPS) is 18.6. The summed E-state index contributed by atoms with van der Waals surface area (Å²) in [7, 11) is 2.52. The van der Waals surface area contributed by atoms with E-state index in [9.17, 15) is 24.0 Å². The highest BCUT2D eigenvalue weighted by molar-refractivity contribution is 6.30. The van der Waals surface area contributed by atoms with Crippen LogP contribution in [0, 0.1) is 0 Å². The number of anilines is 1. The van der Waals surface area contributed by atoms with E-state index in [-0.39, 0.29) is 12.2 Å². The molecule has 0 saturated carbocycles. The van der Waals surface area contributed by atoms with Crippen LogP contribution in [0.5, 0.6) is 0 Å². The van der Waals surface area contributed by atoms with Gasteiger partial charge in [-0.15, -0.1) is 0 Å². The molecule has 2 heterocycles. The van der Waals surface area contributed by atoms with Gasteiger partial charge in [0, 0.05) is 19.1 Å². The van der Waals surface area contributed by atoms with Gasteiger partial charge in [-0.2, -0.15) is 0 Å². The van der Waals surface area contributed by atoms with Crippen molar-refractivity contribution in [2.45, 2.75) is 18.9 Å². The lowest BCUT2D eigenvalue weighted by Gasteiger charge is -2.25. The molecule has 1 aromatic carbocycles. The lowest BCUT2D eigenvalue weighted by molar-refractivity contribution is -0.131. The van der Waals surface area contributed by atoms with Crippen molar-refractivity contribution in [2.24, 2.45) is 14.1 Å². The molecule has 1 fully saturated rings. The predicted molar refractivity (Wildman–Crippen MR) is 109 cm³/mol. The van der Waals surface area contributed by atoms with E-state index in [0.29, 0.717) is 10.6 Å². The molecule has 1 aliphatic heterocycles. The number of nitrogens with zero attached hydrogens (tertiary/aromatic N) is 3. The maximum atomic E-state index is 13.2. The van der Waals surface area contributed by atoms with Gasteiger partial charge in [0.25, 0.3) is 11.5 Å². The summed E-state index contributed by atoms with van der Waals surface area (Å²) in [6.07, 6.45) is 0.230. The van der Waals surface area contributed by atoms with Crippen molar-refractivity contribution in [3.63, 3.8) is 0 Å². The molecule has 1 saturated heterocycles. The predicted octanol–water partition coefficient (Wildman–Crippen LogP) is 0.360. The number of ketones is 1. The molecule has 0 bridgehead atoms. The molecule has 1 aromatic heterocycles. The minimum atomic E-state index is -1.36. The molecule has 3 amide bonds. The van der Waals surface area contributed by atoms with E-state index in [1.54, 1.807) is 31.2 Å². The molecule has 0 aliphatic carbocycles. The van der Waals surface area contributed by atoms with Crippen molar-refractivity contribution >= 4 is 35.1 Å². The van der Waals surface area contributed by atoms with Gasteiger partial charge < -0.3 is 11.1 Å². The van der Waals surface area contributed by atoms with E-state index >= 15 is 0 Å². The van der Waals surface area contributed by atoms with E-state index in [1.165, 1.54) is 14.1 Å². The lowest BCUT2D eigenvalue weighted by atomic mass is 9.87. The molecular weight excluding hydrogens is 414 g/mol. The van der Waals surface area contributed by atoms with Crippen molar-refractivity contribution in [3.05, 3.63) is 61.3 Å². The van der Waals surface area contributed by atoms with Gasteiger partial charge in [0.2, 0.25) is 0 Å². The first-order valence-corrected chi connectivity index (χ1v) is 9.41. The van der Waals surface area contributed by atoms with Crippen molar-refractivity contribution < 1.29 is 14.4 Å². The molecule has 10 nitrogen and oxygen atoms in total. The second kappa shape index (κ2) is 7.45. The minimum absolute atomic E-state index is 0.230. The Morgan fingerprint density at radius 1 is 1.10 bits per heavy atom. The molecule has 0 spiro atoms. The van der Waals surface area contributed by atoms with Crippen LogP contribution in [0.15, 0.2) is 33.9 Å². The molecular formula is C19H20ClN5O5. The van der Waals surface area contributed by atoms with Crippen LogP contribution in [0.4, 0.5) is 10.6 Å². The number of Topliss-reactive ketones (excluding diaryl/α,β-unsaturated/α-hetero) is 1. The zero-order valence-electron chi connectivity index (χ0n) is 16.6. The van der Waals surface area contributed by atoms with E-state index in [0.717, 1.165) is 14.0 Å². The van der Waals surface area contributed by atoms with Crippen LogP contribution >= 0.6 is 11.6 Å². The SMILES string of the molecule is CCC1(c2ccc(Cl)cc2)NC(=O)N(CC(=O)c2c(N)n(C)c(=O)n(C)c2=O)C1=O. The summed E-state index contributed by atoms with van der Waals surface area (Å²) in [5.74, 6) is -1.82. The maximum Gasteiger partial charge on any atom is 0.332 e. The molecule has 1 atom stereocenters. The van der Waals surface area contributed by atoms with Crippen LogP contribution in [0.2, 0.25) is 5.02 Å². The van der Waals surface area contributed by atoms with Crippen LogP contribution in [0.25, 0.3) is 0 Å². The fraction of sp³-hybridized carbons (Fsp3) is 0.316. The number of benzene rings is 1. The number of nitrogen functional groups attached to an aromatic ring is 1. The summed E-state index contributed by atoms with van der Waals surface area (Å²) in [5, 5.41) is 3.11. The number of rotatable bonds is 5. The largest absolute Gasteiger partial charge is 0.384 e. The maximum absolute atomic E-state index is 13.2. The number of carbonyl (C=O) groups is 3. The smallest absolute Gasteiger partial charge is 0.332 e. The molecule has 1 unspecified atom stereocenters. The summed E-state index contributed by atoms with van der Waals surface area (Å²) in [6.45, 7) is 1.02. The number of urea groups is 1. The second-order valence-electron chi connectivity index (χ2n) is 6.98. The summed E-state index contributed by atoms with van der Waals surface area (Å²) in [4.78, 5) is 63.7. The Morgan fingerprint density at radius 3 is 2.27 bits per heavy atom. The Bertz CT molecular complexity index is 1180. The number of nitrogens with one attached hydrogen (secondary N) is 1. The average Bonchev–Trinajstić information content (AvgIpc) is 2.96. The van der Waals surface area contributed by atoms with Crippen LogP contribution in [-0.4, -0.2) is 38.3 Å². The molecule has 2 aromatic rings. The summed E-state index contributed by atoms with van der Waals surface area (Å²) >= 11 is 5.91. The van der Waals surface area contributed by atoms with Crippen molar-refractivity contribution in [3.8, 4) is 0 Å². The first-order valence-electron chi connectivity index (χ1n) is 9.04. The molecule has 3 rings (SSSR count). The zero-order chi connectivity index (χ0) is 22.4. The summed E-state index contributed by atoms with van der Waals surface area (Å²) in [6, 6.07) is 5.66. The Morgan fingerprint density at radius 2 is 1.70 bits per heavy atom. The average molecular weight is 434 g/mol. The lowest BCUT2D eigenvalue weighted by Crippen LogP contribution is -2.45. The first-order chi connectivity index (χ1) is 14.0. The molecule has 1 aliphatic rings. The Hall–Kier alpha value is -3.40. The minimum Gasteiger partial charge on any atom is -0.384 e. The number of amides is 3. The fourth-order valence-electron chi connectivity index (χ4n) is 3.49. The van der Waals surface area contributed by atoms with Gasteiger partial charge in [-0.25, -0.2) is 9.59 Å². The number of hydrogen-bond donors (Lipinski definition) is 2. The highest BCUT2D eigenvalue weighted by atomic mass is 35.5. The third-order valence-corrected chi connectivity index (χ3v) is 5.59.